The Bertz CT molecular complexity index is 361. The number of hydrogen-bond acceptors (Lipinski definition) is 2. The Morgan fingerprint density at radius 3 is 2.40 bits per heavy atom. The summed E-state index contributed by atoms with van der Waals surface area (Å²) in [6.45, 7) is 5.78. The monoisotopic (exact) mass is 204 g/mol. The number of carbonyl (C=O) groups excluding carboxylic acids is 1. The van der Waals surface area contributed by atoms with Crippen molar-refractivity contribution in [3.8, 4) is 0 Å². The van der Waals surface area contributed by atoms with Gasteiger partial charge in [0, 0.05) is 6.92 Å². The van der Waals surface area contributed by atoms with E-state index in [-0.39, 0.29) is 5.97 Å². The van der Waals surface area contributed by atoms with Gasteiger partial charge in [-0.25, -0.2) is 0 Å². The van der Waals surface area contributed by atoms with Gasteiger partial charge < -0.3 is 4.74 Å². The lowest BCUT2D eigenvalue weighted by atomic mass is 10.1. The summed E-state index contributed by atoms with van der Waals surface area (Å²) in [6, 6.07) is 8.22. The number of benzene rings is 1. The first-order valence-electron chi connectivity index (χ1n) is 4.95. The van der Waals surface area contributed by atoms with E-state index in [1.807, 2.05) is 25.1 Å². The molecule has 0 amide bonds. The SMILES string of the molecule is CC(=O)OC/C(C)=C/c1ccc(C)cc1. The summed E-state index contributed by atoms with van der Waals surface area (Å²) in [4.78, 5) is 10.6. The van der Waals surface area contributed by atoms with Crippen molar-refractivity contribution in [2.24, 2.45) is 0 Å². The number of esters is 1. The van der Waals surface area contributed by atoms with Gasteiger partial charge in [-0.3, -0.25) is 4.79 Å². The highest BCUT2D eigenvalue weighted by Crippen LogP contribution is 2.08. The highest BCUT2D eigenvalue weighted by atomic mass is 16.5. The van der Waals surface area contributed by atoms with Crippen LogP contribution in [0.2, 0.25) is 0 Å². The molecule has 0 spiro atoms. The Morgan fingerprint density at radius 1 is 1.27 bits per heavy atom. The van der Waals surface area contributed by atoms with Crippen molar-refractivity contribution in [3.63, 3.8) is 0 Å². The summed E-state index contributed by atoms with van der Waals surface area (Å²) in [6.07, 6.45) is 2.02. The Kier molecular flexibility index (Phi) is 4.10. The molecular formula is C13H16O2. The molecule has 0 fully saturated rings. The minimum absolute atomic E-state index is 0.244. The molecule has 0 atom stereocenters. The highest BCUT2D eigenvalue weighted by molar-refractivity contribution is 5.66. The van der Waals surface area contributed by atoms with Crippen molar-refractivity contribution >= 4 is 12.0 Å². The molecule has 0 saturated heterocycles. The van der Waals surface area contributed by atoms with E-state index in [9.17, 15) is 4.79 Å². The van der Waals surface area contributed by atoms with Crippen LogP contribution in [0.15, 0.2) is 29.8 Å². The molecular weight excluding hydrogens is 188 g/mol. The minimum atomic E-state index is -0.244. The second kappa shape index (κ2) is 5.35. The number of rotatable bonds is 3. The van der Waals surface area contributed by atoms with Crippen LogP contribution in [0.1, 0.15) is 25.0 Å². The smallest absolute Gasteiger partial charge is 0.302 e. The van der Waals surface area contributed by atoms with Crippen LogP contribution in [0, 0.1) is 6.92 Å². The van der Waals surface area contributed by atoms with E-state index >= 15 is 0 Å². The van der Waals surface area contributed by atoms with E-state index < -0.39 is 0 Å². The van der Waals surface area contributed by atoms with Gasteiger partial charge in [-0.15, -0.1) is 0 Å². The second-order valence-corrected chi connectivity index (χ2v) is 3.68. The van der Waals surface area contributed by atoms with Crippen LogP contribution in [0.3, 0.4) is 0 Å². The average molecular weight is 204 g/mol. The van der Waals surface area contributed by atoms with Crippen LogP contribution in [0.4, 0.5) is 0 Å². The van der Waals surface area contributed by atoms with Gasteiger partial charge in [0.05, 0.1) is 0 Å². The van der Waals surface area contributed by atoms with Gasteiger partial charge in [0.2, 0.25) is 0 Å². The maximum Gasteiger partial charge on any atom is 0.302 e. The first-order valence-corrected chi connectivity index (χ1v) is 4.95. The lowest BCUT2D eigenvalue weighted by molar-refractivity contribution is -0.139. The standard InChI is InChI=1S/C13H16O2/c1-10-4-6-13(7-5-10)8-11(2)9-15-12(3)14/h4-8H,9H2,1-3H3/b11-8+. The first kappa shape index (κ1) is 11.5. The summed E-state index contributed by atoms with van der Waals surface area (Å²) in [7, 11) is 0. The molecule has 0 radical (unpaired) electrons. The van der Waals surface area contributed by atoms with Gasteiger partial charge in [0.25, 0.3) is 0 Å². The van der Waals surface area contributed by atoms with Crippen LogP contribution in [0.5, 0.6) is 0 Å². The van der Waals surface area contributed by atoms with E-state index in [1.165, 1.54) is 12.5 Å². The normalized spacial score (nSPS) is 11.3. The Hall–Kier alpha value is -1.57. The highest BCUT2D eigenvalue weighted by Gasteiger charge is 1.95. The van der Waals surface area contributed by atoms with Crippen molar-refractivity contribution in [2.75, 3.05) is 6.61 Å². The van der Waals surface area contributed by atoms with Gasteiger partial charge in [0.1, 0.15) is 6.61 Å². The topological polar surface area (TPSA) is 26.3 Å². The molecule has 0 heterocycles. The number of ether oxygens (including phenoxy) is 1. The van der Waals surface area contributed by atoms with Gasteiger partial charge in [-0.05, 0) is 25.0 Å². The van der Waals surface area contributed by atoms with Gasteiger partial charge in [-0.1, -0.05) is 35.9 Å². The van der Waals surface area contributed by atoms with Crippen molar-refractivity contribution in [2.45, 2.75) is 20.8 Å². The fourth-order valence-electron chi connectivity index (χ4n) is 1.20. The Balaban J connectivity index is 2.62. The molecule has 2 heteroatoms. The number of hydrogen-bond donors (Lipinski definition) is 0. The van der Waals surface area contributed by atoms with E-state index in [2.05, 4.69) is 19.1 Å². The molecule has 0 aliphatic rings. The maximum atomic E-state index is 10.6. The van der Waals surface area contributed by atoms with Crippen LogP contribution in [0.25, 0.3) is 6.08 Å². The summed E-state index contributed by atoms with van der Waals surface area (Å²) in [5, 5.41) is 0. The summed E-state index contributed by atoms with van der Waals surface area (Å²) in [5.41, 5.74) is 3.41. The molecule has 15 heavy (non-hydrogen) atoms. The van der Waals surface area contributed by atoms with E-state index in [0.29, 0.717) is 6.61 Å². The lowest BCUT2D eigenvalue weighted by Crippen LogP contribution is -2.01. The predicted octanol–water partition coefficient (Wildman–Crippen LogP) is 2.96. The van der Waals surface area contributed by atoms with Crippen molar-refractivity contribution < 1.29 is 9.53 Å². The minimum Gasteiger partial charge on any atom is -0.461 e. The van der Waals surface area contributed by atoms with Crippen LogP contribution >= 0.6 is 0 Å². The second-order valence-electron chi connectivity index (χ2n) is 3.68. The molecule has 1 aromatic rings. The zero-order chi connectivity index (χ0) is 11.3. The third-order valence-corrected chi connectivity index (χ3v) is 1.99. The molecule has 0 aromatic heterocycles. The van der Waals surface area contributed by atoms with Gasteiger partial charge in [0.15, 0.2) is 0 Å². The molecule has 0 N–H and O–H groups in total. The van der Waals surface area contributed by atoms with Crippen molar-refractivity contribution in [1.82, 2.24) is 0 Å². The third-order valence-electron chi connectivity index (χ3n) is 1.99. The van der Waals surface area contributed by atoms with Gasteiger partial charge >= 0.3 is 5.97 Å². The average Bonchev–Trinajstić information content (AvgIpc) is 2.19. The van der Waals surface area contributed by atoms with E-state index in [4.69, 9.17) is 4.74 Å². The van der Waals surface area contributed by atoms with Gasteiger partial charge in [-0.2, -0.15) is 0 Å². The summed E-state index contributed by atoms with van der Waals surface area (Å²) < 4.78 is 4.89. The number of carbonyl (C=O) groups is 1. The fraction of sp³-hybridized carbons (Fsp3) is 0.308. The number of aryl methyl sites for hydroxylation is 1. The molecule has 0 aliphatic carbocycles. The van der Waals surface area contributed by atoms with Crippen molar-refractivity contribution in [3.05, 3.63) is 41.0 Å². The molecule has 1 rings (SSSR count). The fourth-order valence-corrected chi connectivity index (χ4v) is 1.20. The largest absolute Gasteiger partial charge is 0.461 e. The third kappa shape index (κ3) is 4.45. The van der Waals surface area contributed by atoms with Crippen LogP contribution in [-0.2, 0) is 9.53 Å². The summed E-state index contributed by atoms with van der Waals surface area (Å²) in [5.74, 6) is -0.244. The zero-order valence-corrected chi connectivity index (χ0v) is 9.41. The lowest BCUT2D eigenvalue weighted by Gasteiger charge is -2.02. The van der Waals surface area contributed by atoms with Crippen LogP contribution < -0.4 is 0 Å². The van der Waals surface area contributed by atoms with Crippen molar-refractivity contribution in [1.29, 1.82) is 0 Å². The molecule has 0 saturated carbocycles. The molecule has 0 aliphatic heterocycles. The molecule has 1 aromatic carbocycles. The van der Waals surface area contributed by atoms with E-state index in [1.54, 1.807) is 0 Å². The molecule has 80 valence electrons. The predicted molar refractivity (Wildman–Crippen MR) is 61.5 cm³/mol. The molecule has 2 nitrogen and oxygen atoms in total. The van der Waals surface area contributed by atoms with Crippen LogP contribution in [-0.4, -0.2) is 12.6 Å². The first-order chi connectivity index (χ1) is 7.08. The zero-order valence-electron chi connectivity index (χ0n) is 9.41. The maximum absolute atomic E-state index is 10.6. The summed E-state index contributed by atoms with van der Waals surface area (Å²) >= 11 is 0. The Morgan fingerprint density at radius 2 is 1.87 bits per heavy atom. The molecule has 0 bridgehead atoms. The van der Waals surface area contributed by atoms with E-state index in [0.717, 1.165) is 11.1 Å². The quantitative estimate of drug-likeness (QED) is 0.707. The Labute approximate surface area is 90.6 Å². The molecule has 0 unspecified atom stereocenters.